The maximum absolute atomic E-state index is 5.17. The molecule has 0 aliphatic carbocycles. The highest BCUT2D eigenvalue weighted by Gasteiger charge is 2.20. The Morgan fingerprint density at radius 3 is 1.90 bits per heavy atom. The third-order valence-corrected chi connectivity index (χ3v) is 14.2. The second-order valence-corrected chi connectivity index (χ2v) is 17.3. The summed E-state index contributed by atoms with van der Waals surface area (Å²) in [5.74, 6) is 0. The van der Waals surface area contributed by atoms with E-state index in [9.17, 15) is 0 Å². The summed E-state index contributed by atoms with van der Waals surface area (Å²) in [6, 6.07) is 58.5. The third-order valence-electron chi connectivity index (χ3n) is 13.1. The molecule has 6 nitrogen and oxygen atoms in total. The zero-order valence-corrected chi connectivity index (χ0v) is 33.1. The number of benzene rings is 8. The molecule has 0 radical (unpaired) electrons. The van der Waals surface area contributed by atoms with Gasteiger partial charge >= 0.3 is 0 Å². The van der Waals surface area contributed by atoms with Crippen molar-refractivity contribution >= 4 is 141 Å². The topological polar surface area (TPSA) is 60.4 Å². The van der Waals surface area contributed by atoms with Gasteiger partial charge in [0.25, 0.3) is 0 Å². The predicted octanol–water partition coefficient (Wildman–Crippen LogP) is 14.2. The van der Waals surface area contributed by atoms with Crippen molar-refractivity contribution in [2.24, 2.45) is 0 Å². The van der Waals surface area contributed by atoms with E-state index in [0.717, 1.165) is 54.7 Å². The van der Waals surface area contributed by atoms with E-state index >= 15 is 0 Å². The summed E-state index contributed by atoms with van der Waals surface area (Å²) in [6.45, 7) is 0. The van der Waals surface area contributed by atoms with Crippen LogP contribution in [0.3, 0.4) is 0 Å². The van der Waals surface area contributed by atoms with Crippen molar-refractivity contribution in [3.05, 3.63) is 170 Å². The first-order valence-electron chi connectivity index (χ1n) is 20.5. The molecule has 0 aliphatic rings. The van der Waals surface area contributed by atoms with Gasteiger partial charge in [-0.25, -0.2) is 19.9 Å². The van der Waals surface area contributed by atoms with Crippen molar-refractivity contribution in [1.82, 2.24) is 28.7 Å². The molecule has 0 unspecified atom stereocenters. The van der Waals surface area contributed by atoms with E-state index in [2.05, 4.69) is 176 Å². The minimum atomic E-state index is 0.534. The van der Waals surface area contributed by atoms with Crippen molar-refractivity contribution in [3.63, 3.8) is 0 Å². The zero-order valence-electron chi connectivity index (χ0n) is 32.3. The Kier molecular flexibility index (Phi) is 5.96. The average Bonchev–Trinajstić information content (AvgIpc) is 4.01. The summed E-state index contributed by atoms with van der Waals surface area (Å²) < 4.78 is 7.37. The average molecular weight is 793 g/mol. The molecule has 0 atom stereocenters. The fraction of sp³-hybridized carbons (Fsp3) is 0. The number of para-hydroxylation sites is 1. The first-order valence-corrected chi connectivity index (χ1v) is 21.3. The lowest BCUT2D eigenvalue weighted by Gasteiger charge is -2.14. The lowest BCUT2D eigenvalue weighted by molar-refractivity contribution is 1.17. The van der Waals surface area contributed by atoms with E-state index in [0.29, 0.717) is 11.3 Å². The van der Waals surface area contributed by atoms with Crippen LogP contribution in [0.2, 0.25) is 0 Å². The second kappa shape index (κ2) is 11.4. The van der Waals surface area contributed by atoms with Crippen LogP contribution >= 0.6 is 11.3 Å². The molecule has 0 bridgehead atoms. The maximum atomic E-state index is 5.17. The quantitative estimate of drug-likeness (QED) is 0.123. The molecule has 7 aromatic heterocycles. The number of thiophene rings is 1. The Morgan fingerprint density at radius 2 is 1.00 bits per heavy atom. The number of fused-ring (bicyclic) bond motifs is 24. The monoisotopic (exact) mass is 792 g/mol. The summed E-state index contributed by atoms with van der Waals surface area (Å²) in [4.78, 5) is 19.4. The van der Waals surface area contributed by atoms with Crippen LogP contribution < -0.4 is 0 Å². The smallest absolute Gasteiger partial charge is 0.199 e. The van der Waals surface area contributed by atoms with Crippen LogP contribution in [0.1, 0.15) is 0 Å². The van der Waals surface area contributed by atoms with Gasteiger partial charge in [0.1, 0.15) is 5.52 Å². The Morgan fingerprint density at radius 1 is 0.361 bits per heavy atom. The minimum Gasteiger partial charge on any atom is -0.309 e. The largest absolute Gasteiger partial charge is 0.309 e. The van der Waals surface area contributed by atoms with Gasteiger partial charge in [0.15, 0.2) is 16.9 Å². The van der Waals surface area contributed by atoms with Crippen LogP contribution in [-0.2, 0) is 0 Å². The number of aromatic nitrogens is 6. The Labute approximate surface area is 349 Å². The summed E-state index contributed by atoms with van der Waals surface area (Å²) >= 11 is 1.88. The molecule has 280 valence electrons. The molecule has 0 fully saturated rings. The molecule has 15 aromatic rings. The molecule has 0 saturated heterocycles. The van der Waals surface area contributed by atoms with E-state index in [1.54, 1.807) is 12.4 Å². The van der Waals surface area contributed by atoms with Crippen LogP contribution in [0.15, 0.2) is 170 Å². The van der Waals surface area contributed by atoms with Crippen molar-refractivity contribution in [3.8, 4) is 11.1 Å². The normalized spacial score (nSPS) is 12.6. The lowest BCUT2D eigenvalue weighted by Crippen LogP contribution is -1.99. The van der Waals surface area contributed by atoms with Crippen LogP contribution in [0.5, 0.6) is 0 Å². The lowest BCUT2D eigenvalue weighted by atomic mass is 9.96. The van der Waals surface area contributed by atoms with Gasteiger partial charge in [-0.2, -0.15) is 0 Å². The van der Waals surface area contributed by atoms with Gasteiger partial charge in [0.05, 0.1) is 27.6 Å². The number of hydrogen-bond acceptors (Lipinski definition) is 5. The Hall–Kier alpha value is -8.00. The molecule has 0 N–H and O–H groups in total. The molecule has 0 saturated carbocycles. The highest BCUT2D eigenvalue weighted by atomic mass is 32.1. The van der Waals surface area contributed by atoms with Crippen molar-refractivity contribution in [1.29, 1.82) is 0 Å². The molecule has 0 aliphatic heterocycles. The third kappa shape index (κ3) is 4.20. The minimum absolute atomic E-state index is 0.534. The van der Waals surface area contributed by atoms with E-state index in [1.807, 2.05) is 11.3 Å². The molecule has 8 aromatic carbocycles. The highest BCUT2D eigenvalue weighted by Crippen LogP contribution is 2.44. The van der Waals surface area contributed by atoms with Gasteiger partial charge < -0.3 is 4.40 Å². The van der Waals surface area contributed by atoms with Gasteiger partial charge in [-0.1, -0.05) is 109 Å². The van der Waals surface area contributed by atoms with Crippen molar-refractivity contribution < 1.29 is 0 Å². The summed E-state index contributed by atoms with van der Waals surface area (Å²) in [5.41, 5.74) is 10.8. The maximum Gasteiger partial charge on any atom is 0.199 e. The van der Waals surface area contributed by atoms with Gasteiger partial charge in [-0.3, -0.25) is 4.40 Å². The molecule has 7 heterocycles. The fourth-order valence-corrected chi connectivity index (χ4v) is 11.6. The van der Waals surface area contributed by atoms with Crippen LogP contribution in [0.25, 0.3) is 141 Å². The fourth-order valence-electron chi connectivity index (χ4n) is 10.4. The van der Waals surface area contributed by atoms with Crippen molar-refractivity contribution in [2.45, 2.75) is 0 Å². The Balaban J connectivity index is 1.01. The first-order chi connectivity index (χ1) is 30.2. The zero-order chi connectivity index (χ0) is 39.5. The number of pyridine rings is 2. The molecule has 0 amide bonds. The molecule has 7 heteroatoms. The van der Waals surface area contributed by atoms with Crippen molar-refractivity contribution in [2.75, 3.05) is 0 Å². The van der Waals surface area contributed by atoms with E-state index in [1.165, 1.54) is 74.6 Å². The van der Waals surface area contributed by atoms with Gasteiger partial charge in [-0.05, 0) is 81.2 Å². The molecule has 0 spiro atoms. The number of nitrogens with zero attached hydrogens (tertiary/aromatic N) is 6. The predicted molar refractivity (Wildman–Crippen MR) is 255 cm³/mol. The van der Waals surface area contributed by atoms with E-state index < -0.39 is 0 Å². The van der Waals surface area contributed by atoms with Gasteiger partial charge in [0.2, 0.25) is 0 Å². The van der Waals surface area contributed by atoms with E-state index in [-0.39, 0.29) is 0 Å². The van der Waals surface area contributed by atoms with E-state index in [4.69, 9.17) is 9.97 Å². The standard InChI is InChI=1S/C54H28N6S/c1-3-9-35-29(7-1)15-19-38-44-26-34-14-13-31(24-43(34)59(44)46-27-40-37-10-4-6-12-47(37)61-48(40)28-41(46)49(35)38)30-16-18-36-32(23-30)17-20-39-45-25-33-8-2-5-11-42(33)60(45)54-51(50(36)39)57-52-53(58-54)56-22-21-55-52/h1-28H. The summed E-state index contributed by atoms with van der Waals surface area (Å²) in [7, 11) is 0. The first kappa shape index (κ1) is 31.9. The van der Waals surface area contributed by atoms with Gasteiger partial charge in [-0.15, -0.1) is 11.3 Å². The number of rotatable bonds is 1. The molecular weight excluding hydrogens is 765 g/mol. The SMILES string of the molecule is c1ccc2c(c1)ccc1c2c2cc3sc4ccccc4c3cc2n2c3cc(-c4ccc5c(ccc6c5c5nc7nccnc7nc5n5c7ccccc7cc65)c4)ccc3cc12. The van der Waals surface area contributed by atoms with Crippen LogP contribution in [-0.4, -0.2) is 28.7 Å². The Bertz CT molecular complexity index is 4480. The van der Waals surface area contributed by atoms with Gasteiger partial charge in [0, 0.05) is 70.3 Å². The summed E-state index contributed by atoms with van der Waals surface area (Å²) in [5, 5.41) is 15.8. The molecule has 15 rings (SSSR count). The van der Waals surface area contributed by atoms with Crippen LogP contribution in [0, 0.1) is 0 Å². The second-order valence-electron chi connectivity index (χ2n) is 16.3. The highest BCUT2D eigenvalue weighted by molar-refractivity contribution is 7.25. The molecule has 61 heavy (non-hydrogen) atoms. The summed E-state index contributed by atoms with van der Waals surface area (Å²) in [6.07, 6.45) is 3.36. The molecular formula is C54H28N6S. The van der Waals surface area contributed by atoms with Crippen LogP contribution in [0.4, 0.5) is 0 Å². The number of hydrogen-bond donors (Lipinski definition) is 0.